The molecule has 0 saturated carbocycles. The highest BCUT2D eigenvalue weighted by molar-refractivity contribution is 6.31. The molecule has 0 aliphatic rings. The summed E-state index contributed by atoms with van der Waals surface area (Å²) in [6, 6.07) is 20.8. The maximum absolute atomic E-state index is 12.7. The number of nitrogens with one attached hydrogen (secondary N) is 2. The molecule has 4 aromatic rings. The van der Waals surface area contributed by atoms with Crippen LogP contribution in [0.3, 0.4) is 0 Å². The van der Waals surface area contributed by atoms with Gasteiger partial charge in [-0.05, 0) is 47.4 Å². The van der Waals surface area contributed by atoms with Crippen molar-refractivity contribution in [2.45, 2.75) is 6.42 Å². The van der Waals surface area contributed by atoms with Gasteiger partial charge in [-0.2, -0.15) is 0 Å². The summed E-state index contributed by atoms with van der Waals surface area (Å²) in [7, 11) is 1.90. The Morgan fingerprint density at radius 1 is 1.04 bits per heavy atom. The molecule has 5 heteroatoms. The fraction of sp³-hybridized carbons (Fsp3) is 0.0870. The first-order valence-electron chi connectivity index (χ1n) is 8.96. The molecule has 3 N–H and O–H groups in total. The Morgan fingerprint density at radius 3 is 2.68 bits per heavy atom. The highest BCUT2D eigenvalue weighted by Gasteiger charge is 2.15. The third-order valence-corrected chi connectivity index (χ3v) is 5.08. The van der Waals surface area contributed by atoms with E-state index in [9.17, 15) is 9.90 Å². The van der Waals surface area contributed by atoms with Gasteiger partial charge in [-0.3, -0.25) is 4.79 Å². The van der Waals surface area contributed by atoms with E-state index in [0.717, 1.165) is 16.8 Å². The lowest BCUT2D eigenvalue weighted by atomic mass is 9.97. The SMILES string of the molecule is CNc1ccccc1Cc1cccc(-c2c(O)c3ccc(Cl)cc3[nH]c2=O)c1. The number of aromatic nitrogens is 1. The Balaban J connectivity index is 1.80. The lowest BCUT2D eigenvalue weighted by molar-refractivity contribution is 0.482. The minimum Gasteiger partial charge on any atom is -0.506 e. The Labute approximate surface area is 167 Å². The summed E-state index contributed by atoms with van der Waals surface area (Å²) in [5.74, 6) is -0.0387. The molecule has 0 fully saturated rings. The number of aromatic amines is 1. The van der Waals surface area contributed by atoms with Crippen LogP contribution in [0.5, 0.6) is 5.75 Å². The van der Waals surface area contributed by atoms with Crippen LogP contribution in [-0.2, 0) is 6.42 Å². The van der Waals surface area contributed by atoms with Gasteiger partial charge in [-0.1, -0.05) is 54.1 Å². The van der Waals surface area contributed by atoms with Gasteiger partial charge in [0.15, 0.2) is 0 Å². The van der Waals surface area contributed by atoms with Gasteiger partial charge in [0.05, 0.1) is 11.1 Å². The molecular formula is C23H19ClN2O2. The number of hydrogen-bond donors (Lipinski definition) is 3. The number of hydrogen-bond acceptors (Lipinski definition) is 3. The van der Waals surface area contributed by atoms with Crippen molar-refractivity contribution in [1.82, 2.24) is 4.98 Å². The average Bonchev–Trinajstić information content (AvgIpc) is 2.68. The standard InChI is InChI=1S/C23H19ClN2O2/c1-25-19-8-3-2-6-15(19)11-14-5-4-7-16(12-14)21-22(27)18-10-9-17(24)13-20(18)26-23(21)28/h2-10,12-13,25H,11H2,1H3,(H2,26,27,28). The van der Waals surface area contributed by atoms with E-state index in [4.69, 9.17) is 11.6 Å². The highest BCUT2D eigenvalue weighted by atomic mass is 35.5. The van der Waals surface area contributed by atoms with Gasteiger partial charge >= 0.3 is 0 Å². The monoisotopic (exact) mass is 390 g/mol. The van der Waals surface area contributed by atoms with Crippen molar-refractivity contribution in [2.24, 2.45) is 0 Å². The summed E-state index contributed by atoms with van der Waals surface area (Å²) < 4.78 is 0. The van der Waals surface area contributed by atoms with E-state index in [1.807, 2.05) is 49.5 Å². The zero-order valence-electron chi connectivity index (χ0n) is 15.3. The molecular weight excluding hydrogens is 372 g/mol. The minimum absolute atomic E-state index is 0.0387. The van der Waals surface area contributed by atoms with Gasteiger partial charge in [-0.15, -0.1) is 0 Å². The summed E-state index contributed by atoms with van der Waals surface area (Å²) in [6.45, 7) is 0. The van der Waals surface area contributed by atoms with Crippen LogP contribution in [0.2, 0.25) is 5.02 Å². The number of H-pyrrole nitrogens is 1. The van der Waals surface area contributed by atoms with Gasteiger partial charge in [0, 0.05) is 23.1 Å². The highest BCUT2D eigenvalue weighted by Crippen LogP contribution is 2.33. The van der Waals surface area contributed by atoms with Crippen LogP contribution < -0.4 is 10.9 Å². The molecule has 0 aliphatic carbocycles. The molecule has 1 heterocycles. The number of halogens is 1. The first kappa shape index (κ1) is 18.1. The van der Waals surface area contributed by atoms with E-state index >= 15 is 0 Å². The second kappa shape index (κ2) is 7.41. The van der Waals surface area contributed by atoms with Crippen molar-refractivity contribution < 1.29 is 5.11 Å². The Hall–Kier alpha value is -3.24. The van der Waals surface area contributed by atoms with Gasteiger partial charge in [0.1, 0.15) is 5.75 Å². The number of fused-ring (bicyclic) bond motifs is 1. The summed E-state index contributed by atoms with van der Waals surface area (Å²) >= 11 is 5.99. The molecule has 0 aliphatic heterocycles. The van der Waals surface area contributed by atoms with E-state index in [-0.39, 0.29) is 16.9 Å². The van der Waals surface area contributed by atoms with Crippen molar-refractivity contribution in [3.05, 3.63) is 93.2 Å². The Morgan fingerprint density at radius 2 is 1.86 bits per heavy atom. The zero-order chi connectivity index (χ0) is 19.7. The number of benzene rings is 3. The van der Waals surface area contributed by atoms with E-state index in [1.165, 1.54) is 0 Å². The van der Waals surface area contributed by atoms with Crippen LogP contribution in [0.4, 0.5) is 5.69 Å². The molecule has 28 heavy (non-hydrogen) atoms. The Kier molecular flexibility index (Phi) is 4.80. The fourth-order valence-corrected chi connectivity index (χ4v) is 3.67. The van der Waals surface area contributed by atoms with Gasteiger partial charge in [0.2, 0.25) is 0 Å². The summed E-state index contributed by atoms with van der Waals surface area (Å²) in [6.07, 6.45) is 0.715. The molecule has 3 aromatic carbocycles. The van der Waals surface area contributed by atoms with Crippen LogP contribution in [0.15, 0.2) is 71.5 Å². The number of aromatic hydroxyl groups is 1. The molecule has 4 rings (SSSR count). The molecule has 140 valence electrons. The normalized spacial score (nSPS) is 10.9. The lowest BCUT2D eigenvalue weighted by Crippen LogP contribution is -2.09. The molecule has 0 amide bonds. The largest absolute Gasteiger partial charge is 0.506 e. The van der Waals surface area contributed by atoms with Crippen LogP contribution in [0.25, 0.3) is 22.0 Å². The first-order chi connectivity index (χ1) is 13.6. The van der Waals surface area contributed by atoms with Gasteiger partial charge in [0.25, 0.3) is 5.56 Å². The third-order valence-electron chi connectivity index (χ3n) is 4.85. The van der Waals surface area contributed by atoms with Crippen molar-refractivity contribution >= 4 is 28.2 Å². The number of rotatable bonds is 4. The predicted molar refractivity (Wildman–Crippen MR) is 115 cm³/mol. The van der Waals surface area contributed by atoms with Crippen molar-refractivity contribution in [1.29, 1.82) is 0 Å². The molecule has 0 spiro atoms. The Bertz CT molecular complexity index is 1230. The average molecular weight is 391 g/mol. The number of para-hydroxylation sites is 1. The molecule has 4 nitrogen and oxygen atoms in total. The summed E-state index contributed by atoms with van der Waals surface area (Å²) in [5.41, 5.74) is 4.38. The molecule has 0 saturated heterocycles. The minimum atomic E-state index is -0.347. The lowest BCUT2D eigenvalue weighted by Gasteiger charge is -2.11. The second-order valence-corrected chi connectivity index (χ2v) is 7.09. The first-order valence-corrected chi connectivity index (χ1v) is 9.34. The van der Waals surface area contributed by atoms with E-state index < -0.39 is 0 Å². The van der Waals surface area contributed by atoms with Crippen molar-refractivity contribution in [3.63, 3.8) is 0 Å². The smallest absolute Gasteiger partial charge is 0.260 e. The van der Waals surface area contributed by atoms with Crippen LogP contribution in [0, 0.1) is 0 Å². The topological polar surface area (TPSA) is 65.1 Å². The second-order valence-electron chi connectivity index (χ2n) is 6.65. The summed E-state index contributed by atoms with van der Waals surface area (Å²) in [4.78, 5) is 15.5. The number of pyridine rings is 1. The molecule has 1 aromatic heterocycles. The fourth-order valence-electron chi connectivity index (χ4n) is 3.50. The maximum Gasteiger partial charge on any atom is 0.260 e. The summed E-state index contributed by atoms with van der Waals surface area (Å²) in [5, 5.41) is 15.0. The van der Waals surface area contributed by atoms with E-state index in [1.54, 1.807) is 18.2 Å². The molecule has 0 unspecified atom stereocenters. The quantitative estimate of drug-likeness (QED) is 0.449. The van der Waals surface area contributed by atoms with Crippen LogP contribution in [-0.4, -0.2) is 17.1 Å². The zero-order valence-corrected chi connectivity index (χ0v) is 16.0. The van der Waals surface area contributed by atoms with Crippen molar-refractivity contribution in [3.8, 4) is 16.9 Å². The third kappa shape index (κ3) is 3.35. The number of anilines is 1. The van der Waals surface area contributed by atoms with Gasteiger partial charge in [-0.25, -0.2) is 0 Å². The maximum atomic E-state index is 12.7. The van der Waals surface area contributed by atoms with Crippen LogP contribution in [0.1, 0.15) is 11.1 Å². The molecule has 0 radical (unpaired) electrons. The van der Waals surface area contributed by atoms with Crippen molar-refractivity contribution in [2.75, 3.05) is 12.4 Å². The predicted octanol–water partition coefficient (Wildman–Crippen LogP) is 5.19. The molecule has 0 atom stereocenters. The van der Waals surface area contributed by atoms with E-state index in [0.29, 0.717) is 27.9 Å². The van der Waals surface area contributed by atoms with E-state index in [2.05, 4.69) is 16.4 Å². The van der Waals surface area contributed by atoms with Crippen LogP contribution >= 0.6 is 11.6 Å². The van der Waals surface area contributed by atoms with Gasteiger partial charge < -0.3 is 15.4 Å². The molecule has 0 bridgehead atoms.